The van der Waals surface area contributed by atoms with Crippen LogP contribution >= 0.6 is 0 Å². The first-order valence-corrected chi connectivity index (χ1v) is 7.29. The van der Waals surface area contributed by atoms with E-state index in [1.807, 2.05) is 6.07 Å². The van der Waals surface area contributed by atoms with Gasteiger partial charge in [0.15, 0.2) is 0 Å². The number of hydrogen-bond acceptors (Lipinski definition) is 4. The molecule has 0 spiro atoms. The molecule has 3 atom stereocenters. The Hall–Kier alpha value is -1.16. The van der Waals surface area contributed by atoms with Gasteiger partial charge in [-0.3, -0.25) is 0 Å². The Morgan fingerprint density at radius 2 is 2.21 bits per heavy atom. The second kappa shape index (κ2) is 6.33. The molecule has 1 aromatic heterocycles. The van der Waals surface area contributed by atoms with Crippen LogP contribution in [0.2, 0.25) is 0 Å². The number of nitrogens with zero attached hydrogens (tertiary/aromatic N) is 2. The molecular formula is C15H25N3O. The van der Waals surface area contributed by atoms with Gasteiger partial charge in [0, 0.05) is 12.1 Å². The zero-order chi connectivity index (χ0) is 13.8. The fourth-order valence-corrected chi connectivity index (χ4v) is 2.99. The second-order valence-corrected chi connectivity index (χ2v) is 6.05. The van der Waals surface area contributed by atoms with Crippen molar-refractivity contribution >= 4 is 0 Å². The Balaban J connectivity index is 2.14. The lowest BCUT2D eigenvalue weighted by atomic mass is 9.75. The first-order chi connectivity index (χ1) is 9.11. The average molecular weight is 263 g/mol. The Kier molecular flexibility index (Phi) is 4.75. The summed E-state index contributed by atoms with van der Waals surface area (Å²) in [4.78, 5) is 0. The van der Waals surface area contributed by atoms with Crippen molar-refractivity contribution in [3.63, 3.8) is 0 Å². The van der Waals surface area contributed by atoms with Crippen LogP contribution in [0.4, 0.5) is 0 Å². The van der Waals surface area contributed by atoms with E-state index in [4.69, 9.17) is 10.5 Å². The molecule has 3 unspecified atom stereocenters. The number of aromatic nitrogens is 2. The van der Waals surface area contributed by atoms with E-state index >= 15 is 0 Å². The number of ether oxygens (including phenoxy) is 1. The molecule has 106 valence electrons. The van der Waals surface area contributed by atoms with Crippen LogP contribution in [-0.4, -0.2) is 16.3 Å². The van der Waals surface area contributed by atoms with Crippen molar-refractivity contribution in [3.8, 4) is 5.88 Å². The Morgan fingerprint density at radius 3 is 2.89 bits per heavy atom. The molecule has 1 heterocycles. The van der Waals surface area contributed by atoms with E-state index in [2.05, 4.69) is 31.0 Å². The van der Waals surface area contributed by atoms with Crippen LogP contribution in [0.1, 0.15) is 45.6 Å². The summed E-state index contributed by atoms with van der Waals surface area (Å²) in [6.07, 6.45) is 5.54. The molecule has 0 bridgehead atoms. The quantitative estimate of drug-likeness (QED) is 0.907. The average Bonchev–Trinajstić information content (AvgIpc) is 2.39. The van der Waals surface area contributed by atoms with Gasteiger partial charge in [0.1, 0.15) is 6.10 Å². The van der Waals surface area contributed by atoms with Gasteiger partial charge in [0.25, 0.3) is 0 Å². The summed E-state index contributed by atoms with van der Waals surface area (Å²) in [6.45, 7) is 7.29. The number of rotatable bonds is 4. The van der Waals surface area contributed by atoms with E-state index in [0.29, 0.717) is 24.3 Å². The SMILES string of the molecule is CC1CCC(C(C)C)C(Oc2nnccc2CN)C1. The molecule has 2 rings (SSSR count). The van der Waals surface area contributed by atoms with E-state index in [1.165, 1.54) is 12.8 Å². The van der Waals surface area contributed by atoms with Crippen molar-refractivity contribution in [2.45, 2.75) is 52.7 Å². The third-order valence-corrected chi connectivity index (χ3v) is 4.21. The summed E-state index contributed by atoms with van der Waals surface area (Å²) >= 11 is 0. The summed E-state index contributed by atoms with van der Waals surface area (Å²) in [6, 6.07) is 1.89. The van der Waals surface area contributed by atoms with Gasteiger partial charge in [-0.15, -0.1) is 5.10 Å². The Bertz CT molecular complexity index is 408. The van der Waals surface area contributed by atoms with Gasteiger partial charge < -0.3 is 10.5 Å². The number of nitrogens with two attached hydrogens (primary N) is 1. The van der Waals surface area contributed by atoms with Gasteiger partial charge in [-0.2, -0.15) is 5.10 Å². The van der Waals surface area contributed by atoms with Gasteiger partial charge >= 0.3 is 0 Å². The topological polar surface area (TPSA) is 61.0 Å². The lowest BCUT2D eigenvalue weighted by Gasteiger charge is -2.37. The standard InChI is InChI=1S/C15H25N3O/c1-10(2)13-5-4-11(3)8-14(13)19-15-12(9-16)6-7-17-18-15/h6-7,10-11,13-14H,4-5,8-9,16H2,1-3H3. The van der Waals surface area contributed by atoms with Gasteiger partial charge in [0.05, 0.1) is 6.20 Å². The zero-order valence-electron chi connectivity index (χ0n) is 12.2. The predicted octanol–water partition coefficient (Wildman–Crippen LogP) is 2.77. The van der Waals surface area contributed by atoms with Crippen molar-refractivity contribution in [1.29, 1.82) is 0 Å². The van der Waals surface area contributed by atoms with Crippen LogP contribution < -0.4 is 10.5 Å². The highest BCUT2D eigenvalue weighted by Crippen LogP contribution is 2.35. The van der Waals surface area contributed by atoms with Crippen molar-refractivity contribution in [2.75, 3.05) is 0 Å². The summed E-state index contributed by atoms with van der Waals surface area (Å²) in [7, 11) is 0. The van der Waals surface area contributed by atoms with Gasteiger partial charge in [-0.05, 0) is 36.7 Å². The molecular weight excluding hydrogens is 238 g/mol. The summed E-state index contributed by atoms with van der Waals surface area (Å²) in [5, 5.41) is 8.03. The number of hydrogen-bond donors (Lipinski definition) is 1. The lowest BCUT2D eigenvalue weighted by Crippen LogP contribution is -2.36. The van der Waals surface area contributed by atoms with E-state index in [1.54, 1.807) is 6.20 Å². The van der Waals surface area contributed by atoms with Crippen LogP contribution in [0, 0.1) is 17.8 Å². The highest BCUT2D eigenvalue weighted by Gasteiger charge is 2.32. The van der Waals surface area contributed by atoms with Gasteiger partial charge in [-0.25, -0.2) is 0 Å². The van der Waals surface area contributed by atoms with Crippen molar-refractivity contribution < 1.29 is 4.74 Å². The maximum Gasteiger partial charge on any atom is 0.238 e. The third-order valence-electron chi connectivity index (χ3n) is 4.21. The fourth-order valence-electron chi connectivity index (χ4n) is 2.99. The Labute approximate surface area is 115 Å². The highest BCUT2D eigenvalue weighted by atomic mass is 16.5. The van der Waals surface area contributed by atoms with Crippen LogP contribution in [0.3, 0.4) is 0 Å². The molecule has 1 aliphatic rings. The van der Waals surface area contributed by atoms with E-state index in [-0.39, 0.29) is 6.10 Å². The molecule has 0 aliphatic heterocycles. The first-order valence-electron chi connectivity index (χ1n) is 7.29. The smallest absolute Gasteiger partial charge is 0.238 e. The van der Waals surface area contributed by atoms with Crippen molar-refractivity contribution in [1.82, 2.24) is 10.2 Å². The summed E-state index contributed by atoms with van der Waals surface area (Å²) in [5.74, 6) is 2.58. The molecule has 4 heteroatoms. The molecule has 1 aromatic rings. The van der Waals surface area contributed by atoms with Crippen LogP contribution in [0.15, 0.2) is 12.3 Å². The van der Waals surface area contributed by atoms with E-state index in [0.717, 1.165) is 17.9 Å². The fraction of sp³-hybridized carbons (Fsp3) is 0.733. The molecule has 0 amide bonds. The largest absolute Gasteiger partial charge is 0.473 e. The minimum atomic E-state index is 0.241. The van der Waals surface area contributed by atoms with Gasteiger partial charge in [-0.1, -0.05) is 27.2 Å². The molecule has 2 N–H and O–H groups in total. The van der Waals surface area contributed by atoms with Crippen LogP contribution in [-0.2, 0) is 6.54 Å². The Morgan fingerprint density at radius 1 is 1.42 bits per heavy atom. The third kappa shape index (κ3) is 3.44. The van der Waals surface area contributed by atoms with E-state index < -0.39 is 0 Å². The van der Waals surface area contributed by atoms with Crippen molar-refractivity contribution in [2.24, 2.45) is 23.5 Å². The molecule has 0 radical (unpaired) electrons. The zero-order valence-corrected chi connectivity index (χ0v) is 12.2. The lowest BCUT2D eigenvalue weighted by molar-refractivity contribution is 0.0411. The maximum atomic E-state index is 6.17. The monoisotopic (exact) mass is 263 g/mol. The maximum absolute atomic E-state index is 6.17. The van der Waals surface area contributed by atoms with Crippen LogP contribution in [0.25, 0.3) is 0 Å². The normalized spacial score (nSPS) is 27.5. The molecule has 19 heavy (non-hydrogen) atoms. The minimum absolute atomic E-state index is 0.241. The predicted molar refractivity (Wildman–Crippen MR) is 75.7 cm³/mol. The molecule has 1 fully saturated rings. The van der Waals surface area contributed by atoms with Gasteiger partial charge in [0.2, 0.25) is 5.88 Å². The second-order valence-electron chi connectivity index (χ2n) is 6.05. The molecule has 0 aromatic carbocycles. The van der Waals surface area contributed by atoms with E-state index in [9.17, 15) is 0 Å². The molecule has 1 saturated carbocycles. The first kappa shape index (κ1) is 14.3. The summed E-state index contributed by atoms with van der Waals surface area (Å²) < 4.78 is 6.17. The highest BCUT2D eigenvalue weighted by molar-refractivity contribution is 5.23. The molecule has 0 saturated heterocycles. The minimum Gasteiger partial charge on any atom is -0.473 e. The molecule has 4 nitrogen and oxygen atoms in total. The van der Waals surface area contributed by atoms with Crippen LogP contribution in [0.5, 0.6) is 5.88 Å². The molecule has 1 aliphatic carbocycles. The van der Waals surface area contributed by atoms with Crippen molar-refractivity contribution in [3.05, 3.63) is 17.8 Å². The summed E-state index contributed by atoms with van der Waals surface area (Å²) in [5.41, 5.74) is 6.67.